The Hall–Kier alpha value is -3.46. The van der Waals surface area contributed by atoms with Crippen LogP contribution in [0.5, 0.6) is 5.75 Å². The summed E-state index contributed by atoms with van der Waals surface area (Å²) in [6.45, 7) is 3.90. The maximum absolute atomic E-state index is 13.0. The van der Waals surface area contributed by atoms with Gasteiger partial charge in [0.25, 0.3) is 5.91 Å². The summed E-state index contributed by atoms with van der Waals surface area (Å²) in [5, 5.41) is 17.5. The molecule has 1 atom stereocenters. The average Bonchev–Trinajstić information content (AvgIpc) is 3.02. The minimum absolute atomic E-state index is 0.0270. The number of fused-ring (bicyclic) bond motifs is 2. The van der Waals surface area contributed by atoms with Gasteiger partial charge >= 0.3 is 0 Å². The van der Waals surface area contributed by atoms with Crippen molar-refractivity contribution in [2.45, 2.75) is 26.3 Å². The van der Waals surface area contributed by atoms with Gasteiger partial charge in [0.05, 0.1) is 17.2 Å². The van der Waals surface area contributed by atoms with Crippen LogP contribution < -0.4 is 11.1 Å². The number of phenols is 1. The molecule has 0 spiro atoms. The fourth-order valence-electron chi connectivity index (χ4n) is 3.13. The first-order valence-electron chi connectivity index (χ1n) is 9.79. The van der Waals surface area contributed by atoms with E-state index in [1.165, 1.54) is 10.9 Å². The molecule has 8 nitrogen and oxygen atoms in total. The summed E-state index contributed by atoms with van der Waals surface area (Å²) in [6, 6.07) is 12.3. The second-order valence-corrected chi connectivity index (χ2v) is 8.10. The molecule has 4 aromatic rings. The molecule has 0 radical (unpaired) electrons. The van der Waals surface area contributed by atoms with Crippen LogP contribution >= 0.6 is 15.9 Å². The number of nitrogen functional groups attached to an aromatic ring is 1. The Kier molecular flexibility index (Phi) is 5.60. The molecule has 0 saturated heterocycles. The van der Waals surface area contributed by atoms with Crippen LogP contribution in [0, 0.1) is 0 Å². The second-order valence-electron chi connectivity index (χ2n) is 7.19. The number of nitrogens with one attached hydrogen (secondary N) is 1. The third kappa shape index (κ3) is 3.96. The lowest BCUT2D eigenvalue weighted by Gasteiger charge is -2.11. The summed E-state index contributed by atoms with van der Waals surface area (Å²) >= 11 is 3.38. The van der Waals surface area contributed by atoms with Gasteiger partial charge in [0, 0.05) is 16.1 Å². The quantitative estimate of drug-likeness (QED) is 0.372. The molecule has 0 fully saturated rings. The minimum atomic E-state index is -0.333. The van der Waals surface area contributed by atoms with Crippen LogP contribution in [0.15, 0.2) is 52.0 Å². The highest BCUT2D eigenvalue weighted by Gasteiger charge is 2.24. The van der Waals surface area contributed by atoms with Gasteiger partial charge in [-0.1, -0.05) is 35.0 Å². The minimum Gasteiger partial charge on any atom is -0.507 e. The Morgan fingerprint density at radius 1 is 1.29 bits per heavy atom. The standard InChI is InChI=1S/C22H21BrN6O2/c1-3-12(2)26-22(31)18-19-21(28-16-7-5-4-6-15(16)27-19)29(20(18)24)25-11-13-10-14(23)8-9-17(13)30/h4-12,30H,3,24H2,1-2H3,(H,26,31)/b25-11-/t12-/m1/s1. The zero-order valence-electron chi connectivity index (χ0n) is 17.0. The number of hydrogen-bond donors (Lipinski definition) is 3. The van der Waals surface area contributed by atoms with Crippen LogP contribution in [-0.2, 0) is 0 Å². The van der Waals surface area contributed by atoms with Crippen molar-refractivity contribution in [2.75, 3.05) is 5.73 Å². The number of aromatic nitrogens is 3. The van der Waals surface area contributed by atoms with Gasteiger partial charge in [0.2, 0.25) is 0 Å². The van der Waals surface area contributed by atoms with Crippen molar-refractivity contribution in [3.63, 3.8) is 0 Å². The van der Waals surface area contributed by atoms with Crippen LogP contribution in [0.4, 0.5) is 5.82 Å². The molecule has 4 rings (SSSR count). The molecule has 31 heavy (non-hydrogen) atoms. The molecule has 0 saturated carbocycles. The molecule has 1 amide bonds. The second kappa shape index (κ2) is 8.35. The van der Waals surface area contributed by atoms with E-state index in [0.717, 1.165) is 10.9 Å². The highest BCUT2D eigenvalue weighted by Crippen LogP contribution is 2.28. The highest BCUT2D eigenvalue weighted by atomic mass is 79.9. The third-order valence-corrected chi connectivity index (χ3v) is 5.49. The van der Waals surface area contributed by atoms with Crippen molar-refractivity contribution in [2.24, 2.45) is 5.10 Å². The van der Waals surface area contributed by atoms with Gasteiger partial charge < -0.3 is 16.2 Å². The van der Waals surface area contributed by atoms with Crippen molar-refractivity contribution in [1.82, 2.24) is 20.0 Å². The predicted molar refractivity (Wildman–Crippen MR) is 125 cm³/mol. The van der Waals surface area contributed by atoms with Crippen molar-refractivity contribution >= 4 is 56.1 Å². The SMILES string of the molecule is CC[C@@H](C)NC(=O)c1c(N)n(/N=C\c2cc(Br)ccc2O)c2nc3ccccc3nc12. The summed E-state index contributed by atoms with van der Waals surface area (Å²) in [5.41, 5.74) is 9.11. The summed E-state index contributed by atoms with van der Waals surface area (Å²) in [7, 11) is 0. The number of hydrogen-bond acceptors (Lipinski definition) is 6. The summed E-state index contributed by atoms with van der Waals surface area (Å²) in [5.74, 6) is -0.147. The van der Waals surface area contributed by atoms with E-state index in [2.05, 4.69) is 36.3 Å². The Morgan fingerprint density at radius 3 is 2.71 bits per heavy atom. The van der Waals surface area contributed by atoms with Crippen LogP contribution in [-0.4, -0.2) is 37.9 Å². The van der Waals surface area contributed by atoms with Crippen LogP contribution in [0.1, 0.15) is 36.2 Å². The van der Waals surface area contributed by atoms with Crippen molar-refractivity contribution in [3.05, 3.63) is 58.1 Å². The number of phenolic OH excluding ortho intramolecular Hbond substituents is 1. The number of carbonyl (C=O) groups excluding carboxylic acids is 1. The maximum atomic E-state index is 13.0. The molecule has 9 heteroatoms. The topological polar surface area (TPSA) is 118 Å². The summed E-state index contributed by atoms with van der Waals surface area (Å²) < 4.78 is 2.16. The van der Waals surface area contributed by atoms with Crippen molar-refractivity contribution in [1.29, 1.82) is 0 Å². The van der Waals surface area contributed by atoms with Gasteiger partial charge in [-0.15, -0.1) is 0 Å². The fraction of sp³-hybridized carbons (Fsp3) is 0.182. The Morgan fingerprint density at radius 2 is 2.00 bits per heavy atom. The van der Waals surface area contributed by atoms with Crippen molar-refractivity contribution < 1.29 is 9.90 Å². The van der Waals surface area contributed by atoms with E-state index in [0.29, 0.717) is 27.8 Å². The summed E-state index contributed by atoms with van der Waals surface area (Å²) in [6.07, 6.45) is 2.24. The lowest BCUT2D eigenvalue weighted by molar-refractivity contribution is 0.0941. The largest absolute Gasteiger partial charge is 0.507 e. The van der Waals surface area contributed by atoms with Gasteiger partial charge in [-0.2, -0.15) is 9.78 Å². The molecule has 0 aliphatic heterocycles. The normalized spacial score (nSPS) is 12.6. The highest BCUT2D eigenvalue weighted by molar-refractivity contribution is 9.10. The van der Waals surface area contributed by atoms with Gasteiger partial charge in [0.15, 0.2) is 5.65 Å². The lowest BCUT2D eigenvalue weighted by atomic mass is 10.2. The Labute approximate surface area is 186 Å². The first-order chi connectivity index (χ1) is 14.9. The van der Waals surface area contributed by atoms with Gasteiger partial charge in [-0.25, -0.2) is 9.97 Å². The van der Waals surface area contributed by atoms with E-state index < -0.39 is 0 Å². The number of nitrogens with two attached hydrogens (primary N) is 1. The van der Waals surface area contributed by atoms with Gasteiger partial charge in [-0.05, 0) is 43.7 Å². The molecule has 2 aromatic carbocycles. The van der Waals surface area contributed by atoms with E-state index in [4.69, 9.17) is 5.73 Å². The zero-order chi connectivity index (χ0) is 22.1. The average molecular weight is 481 g/mol. The molecule has 0 unspecified atom stereocenters. The van der Waals surface area contributed by atoms with E-state index >= 15 is 0 Å². The van der Waals surface area contributed by atoms with E-state index in [1.807, 2.05) is 38.1 Å². The Bertz CT molecular complexity index is 1330. The smallest absolute Gasteiger partial charge is 0.257 e. The fourth-order valence-corrected chi connectivity index (χ4v) is 3.51. The van der Waals surface area contributed by atoms with Gasteiger partial charge in [-0.3, -0.25) is 4.79 Å². The number of aromatic hydroxyl groups is 1. The number of benzene rings is 2. The molecular weight excluding hydrogens is 460 g/mol. The first-order valence-corrected chi connectivity index (χ1v) is 10.6. The van der Waals surface area contributed by atoms with E-state index in [-0.39, 0.29) is 29.1 Å². The molecule has 0 aliphatic carbocycles. The predicted octanol–water partition coefficient (Wildman–Crippen LogP) is 4.05. The number of para-hydroxylation sites is 2. The molecule has 2 aromatic heterocycles. The van der Waals surface area contributed by atoms with Crippen LogP contribution in [0.25, 0.3) is 22.2 Å². The Balaban J connectivity index is 1.92. The number of nitrogens with zero attached hydrogens (tertiary/aromatic N) is 4. The summed E-state index contributed by atoms with van der Waals surface area (Å²) in [4.78, 5) is 22.3. The lowest BCUT2D eigenvalue weighted by Crippen LogP contribution is -2.32. The molecule has 0 bridgehead atoms. The molecule has 158 valence electrons. The number of carbonyl (C=O) groups is 1. The van der Waals surface area contributed by atoms with Crippen LogP contribution in [0.3, 0.4) is 0 Å². The third-order valence-electron chi connectivity index (χ3n) is 4.99. The first kappa shape index (κ1) is 20.8. The number of amides is 1. The number of anilines is 1. The maximum Gasteiger partial charge on any atom is 0.257 e. The number of rotatable bonds is 5. The van der Waals surface area contributed by atoms with Crippen LogP contribution in [0.2, 0.25) is 0 Å². The zero-order valence-corrected chi connectivity index (χ0v) is 18.6. The number of halogens is 1. The van der Waals surface area contributed by atoms with E-state index in [1.54, 1.807) is 18.2 Å². The molecular formula is C22H21BrN6O2. The monoisotopic (exact) mass is 480 g/mol. The molecule has 4 N–H and O–H groups in total. The molecule has 2 heterocycles. The van der Waals surface area contributed by atoms with E-state index in [9.17, 15) is 9.90 Å². The van der Waals surface area contributed by atoms with Gasteiger partial charge in [0.1, 0.15) is 22.6 Å². The van der Waals surface area contributed by atoms with Crippen molar-refractivity contribution in [3.8, 4) is 5.75 Å². The molecule has 0 aliphatic rings.